The van der Waals surface area contributed by atoms with Crippen LogP contribution in [0.4, 0.5) is 0 Å². The molecule has 0 aliphatic heterocycles. The zero-order valence-electron chi connectivity index (χ0n) is 7.83. The van der Waals surface area contributed by atoms with E-state index >= 15 is 0 Å². The topological polar surface area (TPSA) is 12.9 Å². The second kappa shape index (κ2) is 4.87. The first-order valence-electron chi connectivity index (χ1n) is 4.26. The lowest BCUT2D eigenvalue weighted by Gasteiger charge is -1.96. The molecule has 0 radical (unpaired) electrons. The largest absolute Gasteiger partial charge is 0.249 e. The lowest BCUT2D eigenvalue weighted by Crippen LogP contribution is -1.77. The second-order valence-corrected chi connectivity index (χ2v) is 5.37. The molecule has 0 fully saturated rings. The molecule has 1 heterocycles. The van der Waals surface area contributed by atoms with E-state index in [0.29, 0.717) is 5.92 Å². The molecule has 0 N–H and O–H groups in total. The first-order valence-corrected chi connectivity index (χ1v) is 6.23. The fourth-order valence-electron chi connectivity index (χ4n) is 0.847. The van der Waals surface area contributed by atoms with Gasteiger partial charge in [0, 0.05) is 16.8 Å². The number of aromatic nitrogens is 1. The van der Waals surface area contributed by atoms with Crippen LogP contribution in [0.1, 0.15) is 36.6 Å². The normalized spacial score (nSPS) is 11.0. The molecule has 1 aromatic rings. The van der Waals surface area contributed by atoms with Crippen molar-refractivity contribution in [3.63, 3.8) is 0 Å². The van der Waals surface area contributed by atoms with Crippen LogP contribution in [0.3, 0.4) is 0 Å². The summed E-state index contributed by atoms with van der Waals surface area (Å²) in [4.78, 5) is 5.78. The van der Waals surface area contributed by atoms with Crippen molar-refractivity contribution in [1.29, 1.82) is 0 Å². The third-order valence-corrected chi connectivity index (χ3v) is 3.94. The van der Waals surface area contributed by atoms with Crippen LogP contribution >= 0.6 is 23.1 Å². The van der Waals surface area contributed by atoms with E-state index in [1.54, 1.807) is 0 Å². The van der Waals surface area contributed by atoms with Gasteiger partial charge in [0.15, 0.2) is 0 Å². The first kappa shape index (κ1) is 10.1. The Balaban J connectivity index is 2.52. The zero-order valence-corrected chi connectivity index (χ0v) is 9.47. The average molecular weight is 201 g/mol. The number of hydrogen-bond acceptors (Lipinski definition) is 3. The first-order chi connectivity index (χ1) is 5.74. The SMILES string of the molecule is CCSCc1ncc(C(C)C)s1. The van der Waals surface area contributed by atoms with E-state index < -0.39 is 0 Å². The Morgan fingerprint density at radius 3 is 2.83 bits per heavy atom. The van der Waals surface area contributed by atoms with Gasteiger partial charge in [0.2, 0.25) is 0 Å². The highest BCUT2D eigenvalue weighted by molar-refractivity contribution is 7.98. The molecule has 3 heteroatoms. The molecule has 1 rings (SSSR count). The van der Waals surface area contributed by atoms with Crippen molar-refractivity contribution in [2.45, 2.75) is 32.4 Å². The van der Waals surface area contributed by atoms with Crippen LogP contribution in [0.5, 0.6) is 0 Å². The number of rotatable bonds is 4. The number of thioether (sulfide) groups is 1. The molecular formula is C9H15NS2. The van der Waals surface area contributed by atoms with Crippen LogP contribution in [0.15, 0.2) is 6.20 Å². The molecule has 0 unspecified atom stereocenters. The molecular weight excluding hydrogens is 186 g/mol. The molecule has 0 amide bonds. The minimum absolute atomic E-state index is 0.628. The summed E-state index contributed by atoms with van der Waals surface area (Å²) in [5.74, 6) is 2.88. The lowest BCUT2D eigenvalue weighted by atomic mass is 10.2. The van der Waals surface area contributed by atoms with Gasteiger partial charge in [-0.2, -0.15) is 11.8 Å². The van der Waals surface area contributed by atoms with Gasteiger partial charge in [-0.15, -0.1) is 11.3 Å². The predicted octanol–water partition coefficient (Wildman–Crippen LogP) is 3.52. The fourth-order valence-corrected chi connectivity index (χ4v) is 2.50. The molecule has 0 aliphatic rings. The fraction of sp³-hybridized carbons (Fsp3) is 0.667. The summed E-state index contributed by atoms with van der Waals surface area (Å²) < 4.78 is 0. The van der Waals surface area contributed by atoms with Crippen molar-refractivity contribution >= 4 is 23.1 Å². The van der Waals surface area contributed by atoms with Crippen molar-refractivity contribution < 1.29 is 0 Å². The van der Waals surface area contributed by atoms with Crippen LogP contribution < -0.4 is 0 Å². The van der Waals surface area contributed by atoms with Crippen LogP contribution in [-0.2, 0) is 5.75 Å². The van der Waals surface area contributed by atoms with Crippen LogP contribution in [0.2, 0.25) is 0 Å². The summed E-state index contributed by atoms with van der Waals surface area (Å²) in [6.07, 6.45) is 2.01. The van der Waals surface area contributed by atoms with Crippen molar-refractivity contribution in [2.75, 3.05) is 5.75 Å². The van der Waals surface area contributed by atoms with E-state index in [4.69, 9.17) is 0 Å². The number of hydrogen-bond donors (Lipinski definition) is 0. The van der Waals surface area contributed by atoms with E-state index in [-0.39, 0.29) is 0 Å². The number of thiazole rings is 1. The highest BCUT2D eigenvalue weighted by atomic mass is 32.2. The molecule has 68 valence electrons. The van der Waals surface area contributed by atoms with Crippen molar-refractivity contribution in [3.05, 3.63) is 16.1 Å². The highest BCUT2D eigenvalue weighted by Gasteiger charge is 2.04. The Morgan fingerprint density at radius 2 is 2.33 bits per heavy atom. The summed E-state index contributed by atoms with van der Waals surface area (Å²) in [7, 11) is 0. The summed E-state index contributed by atoms with van der Waals surface area (Å²) in [6, 6.07) is 0. The van der Waals surface area contributed by atoms with E-state index in [2.05, 4.69) is 25.8 Å². The van der Waals surface area contributed by atoms with Gasteiger partial charge in [-0.05, 0) is 11.7 Å². The minimum Gasteiger partial charge on any atom is -0.249 e. The highest BCUT2D eigenvalue weighted by Crippen LogP contribution is 2.24. The Morgan fingerprint density at radius 1 is 1.58 bits per heavy atom. The van der Waals surface area contributed by atoms with Gasteiger partial charge in [0.25, 0.3) is 0 Å². The van der Waals surface area contributed by atoms with E-state index in [9.17, 15) is 0 Å². The van der Waals surface area contributed by atoms with Gasteiger partial charge in [0.1, 0.15) is 5.01 Å². The van der Waals surface area contributed by atoms with Gasteiger partial charge in [0.05, 0.1) is 0 Å². The molecule has 0 aromatic carbocycles. The predicted molar refractivity (Wildman–Crippen MR) is 58.0 cm³/mol. The van der Waals surface area contributed by atoms with E-state index in [1.807, 2.05) is 29.3 Å². The van der Waals surface area contributed by atoms with Crippen molar-refractivity contribution in [1.82, 2.24) is 4.98 Å². The summed E-state index contributed by atoms with van der Waals surface area (Å²) in [5.41, 5.74) is 0. The molecule has 0 aliphatic carbocycles. The van der Waals surface area contributed by atoms with Crippen LogP contribution in [0.25, 0.3) is 0 Å². The summed E-state index contributed by atoms with van der Waals surface area (Å²) in [5, 5.41) is 1.27. The quantitative estimate of drug-likeness (QED) is 0.739. The summed E-state index contributed by atoms with van der Waals surface area (Å²) in [6.45, 7) is 6.61. The zero-order chi connectivity index (χ0) is 8.97. The van der Waals surface area contributed by atoms with Crippen molar-refractivity contribution in [2.24, 2.45) is 0 Å². The molecule has 0 saturated heterocycles. The Bertz CT molecular complexity index is 230. The van der Waals surface area contributed by atoms with E-state index in [0.717, 1.165) is 5.75 Å². The molecule has 0 atom stereocenters. The monoisotopic (exact) mass is 201 g/mol. The molecule has 12 heavy (non-hydrogen) atoms. The Labute approximate surface area is 82.6 Å². The second-order valence-electron chi connectivity index (χ2n) is 2.95. The maximum Gasteiger partial charge on any atom is 0.103 e. The minimum atomic E-state index is 0.628. The van der Waals surface area contributed by atoms with Gasteiger partial charge in [-0.1, -0.05) is 20.8 Å². The van der Waals surface area contributed by atoms with E-state index in [1.165, 1.54) is 15.6 Å². The molecule has 1 nitrogen and oxygen atoms in total. The maximum atomic E-state index is 4.37. The van der Waals surface area contributed by atoms with Gasteiger partial charge >= 0.3 is 0 Å². The Kier molecular flexibility index (Phi) is 4.09. The number of nitrogens with zero attached hydrogens (tertiary/aromatic N) is 1. The third kappa shape index (κ3) is 2.79. The molecule has 0 saturated carbocycles. The molecule has 1 aromatic heterocycles. The van der Waals surface area contributed by atoms with Crippen molar-refractivity contribution in [3.8, 4) is 0 Å². The van der Waals surface area contributed by atoms with Gasteiger partial charge in [-0.25, -0.2) is 4.98 Å². The Hall–Kier alpha value is -0.0200. The molecule has 0 spiro atoms. The lowest BCUT2D eigenvalue weighted by molar-refractivity contribution is 0.885. The standard InChI is InChI=1S/C9H15NS2/c1-4-11-6-9-10-5-8(12-9)7(2)3/h5,7H,4,6H2,1-3H3. The smallest absolute Gasteiger partial charge is 0.103 e. The van der Waals surface area contributed by atoms with Crippen LogP contribution in [0, 0.1) is 0 Å². The maximum absolute atomic E-state index is 4.37. The molecule has 0 bridgehead atoms. The van der Waals surface area contributed by atoms with Crippen LogP contribution in [-0.4, -0.2) is 10.7 Å². The summed E-state index contributed by atoms with van der Waals surface area (Å²) >= 11 is 3.78. The third-order valence-electron chi connectivity index (χ3n) is 1.57. The van der Waals surface area contributed by atoms with Gasteiger partial charge < -0.3 is 0 Å². The van der Waals surface area contributed by atoms with Gasteiger partial charge in [-0.3, -0.25) is 0 Å². The average Bonchev–Trinajstić information content (AvgIpc) is 2.48.